The fourth-order valence-corrected chi connectivity index (χ4v) is 2.45. The predicted molar refractivity (Wildman–Crippen MR) is 78.4 cm³/mol. The van der Waals surface area contributed by atoms with Crippen molar-refractivity contribution in [2.45, 2.75) is 20.8 Å². The molecule has 0 aromatic carbocycles. The zero-order valence-corrected chi connectivity index (χ0v) is 12.2. The summed E-state index contributed by atoms with van der Waals surface area (Å²) < 4.78 is 2.02. The largest absolute Gasteiger partial charge is 0.354 e. The number of hydrogen-bond acceptors (Lipinski definition) is 5. The van der Waals surface area contributed by atoms with E-state index in [-0.39, 0.29) is 0 Å². The van der Waals surface area contributed by atoms with Gasteiger partial charge in [0.05, 0.1) is 5.69 Å². The minimum absolute atomic E-state index is 0.793. The summed E-state index contributed by atoms with van der Waals surface area (Å²) >= 11 is 0. The second kappa shape index (κ2) is 5.20. The summed E-state index contributed by atoms with van der Waals surface area (Å²) in [6, 6.07) is 2.05. The maximum atomic E-state index is 4.57. The molecule has 106 valence electrons. The monoisotopic (exact) mass is 272 g/mol. The first kappa shape index (κ1) is 13.1. The molecule has 0 bridgehead atoms. The van der Waals surface area contributed by atoms with Gasteiger partial charge < -0.3 is 10.2 Å². The van der Waals surface area contributed by atoms with E-state index in [0.717, 1.165) is 55.0 Å². The van der Waals surface area contributed by atoms with Crippen LogP contribution in [0.4, 0.5) is 5.82 Å². The Bertz CT molecular complexity index is 612. The average molecular weight is 272 g/mol. The minimum Gasteiger partial charge on any atom is -0.354 e. The van der Waals surface area contributed by atoms with Gasteiger partial charge in [-0.2, -0.15) is 0 Å². The quantitative estimate of drug-likeness (QED) is 0.883. The summed E-state index contributed by atoms with van der Waals surface area (Å²) in [5.41, 5.74) is 2.15. The number of aromatic nitrogens is 4. The number of anilines is 1. The molecule has 0 saturated carbocycles. The van der Waals surface area contributed by atoms with Crippen molar-refractivity contribution in [1.29, 1.82) is 0 Å². The first-order chi connectivity index (χ1) is 9.65. The van der Waals surface area contributed by atoms with Crippen LogP contribution in [0.25, 0.3) is 5.82 Å². The lowest BCUT2D eigenvalue weighted by molar-refractivity contribution is 0.583. The number of hydrogen-bond donors (Lipinski definition) is 1. The molecule has 6 heteroatoms. The molecule has 1 aliphatic heterocycles. The highest BCUT2D eigenvalue weighted by molar-refractivity contribution is 5.45. The molecule has 1 saturated heterocycles. The Kier molecular flexibility index (Phi) is 3.40. The van der Waals surface area contributed by atoms with Crippen molar-refractivity contribution in [3.8, 4) is 5.82 Å². The van der Waals surface area contributed by atoms with Crippen LogP contribution in [-0.4, -0.2) is 45.7 Å². The standard InChI is InChI=1S/C14H20N6/c1-10-11(2)20(9-16-10)14-8-13(17-12(3)18-14)19-6-4-15-5-7-19/h8-9,15H,4-7H2,1-3H3. The lowest BCUT2D eigenvalue weighted by Crippen LogP contribution is -2.44. The molecule has 0 spiro atoms. The summed E-state index contributed by atoms with van der Waals surface area (Å²) in [6.45, 7) is 9.98. The van der Waals surface area contributed by atoms with Gasteiger partial charge in [-0.3, -0.25) is 4.57 Å². The summed E-state index contributed by atoms with van der Waals surface area (Å²) in [5, 5.41) is 3.36. The topological polar surface area (TPSA) is 58.9 Å². The van der Waals surface area contributed by atoms with Crippen LogP contribution < -0.4 is 10.2 Å². The molecule has 2 aromatic rings. The van der Waals surface area contributed by atoms with Crippen molar-refractivity contribution >= 4 is 5.82 Å². The highest BCUT2D eigenvalue weighted by Crippen LogP contribution is 2.18. The minimum atomic E-state index is 0.793. The predicted octanol–water partition coefficient (Wildman–Crippen LogP) is 0.997. The Labute approximate surface area is 118 Å². The van der Waals surface area contributed by atoms with Crippen molar-refractivity contribution in [2.75, 3.05) is 31.1 Å². The first-order valence-corrected chi connectivity index (χ1v) is 6.97. The van der Waals surface area contributed by atoms with Gasteiger partial charge in [0, 0.05) is 37.9 Å². The molecule has 0 amide bonds. The van der Waals surface area contributed by atoms with Gasteiger partial charge in [-0.15, -0.1) is 0 Å². The summed E-state index contributed by atoms with van der Waals surface area (Å²) in [7, 11) is 0. The van der Waals surface area contributed by atoms with Crippen LogP contribution in [0.5, 0.6) is 0 Å². The van der Waals surface area contributed by atoms with Gasteiger partial charge in [-0.25, -0.2) is 15.0 Å². The van der Waals surface area contributed by atoms with Crippen molar-refractivity contribution in [3.05, 3.63) is 29.6 Å². The maximum absolute atomic E-state index is 4.57. The molecule has 1 fully saturated rings. The van der Waals surface area contributed by atoms with Gasteiger partial charge in [-0.1, -0.05) is 0 Å². The molecule has 6 nitrogen and oxygen atoms in total. The van der Waals surface area contributed by atoms with E-state index in [9.17, 15) is 0 Å². The first-order valence-electron chi connectivity index (χ1n) is 6.97. The van der Waals surface area contributed by atoms with E-state index in [1.54, 1.807) is 0 Å². The van der Waals surface area contributed by atoms with Gasteiger partial charge in [-0.05, 0) is 20.8 Å². The molecule has 1 N–H and O–H groups in total. The van der Waals surface area contributed by atoms with Crippen LogP contribution in [0.1, 0.15) is 17.2 Å². The number of piperazine rings is 1. The van der Waals surface area contributed by atoms with Gasteiger partial charge in [0.2, 0.25) is 0 Å². The normalized spacial score (nSPS) is 15.7. The number of rotatable bonds is 2. The van der Waals surface area contributed by atoms with Crippen LogP contribution in [-0.2, 0) is 0 Å². The molecule has 1 aliphatic rings. The summed E-state index contributed by atoms with van der Waals surface area (Å²) in [5.74, 6) is 2.69. The third kappa shape index (κ3) is 2.38. The van der Waals surface area contributed by atoms with E-state index in [0.29, 0.717) is 0 Å². The third-order valence-corrected chi connectivity index (χ3v) is 3.75. The van der Waals surface area contributed by atoms with Gasteiger partial charge in [0.25, 0.3) is 0 Å². The van der Waals surface area contributed by atoms with Crippen LogP contribution in [0.3, 0.4) is 0 Å². The Morgan fingerprint density at radius 2 is 1.75 bits per heavy atom. The fraction of sp³-hybridized carbons (Fsp3) is 0.500. The van der Waals surface area contributed by atoms with Crippen LogP contribution in [0.15, 0.2) is 12.4 Å². The molecule has 0 aliphatic carbocycles. The van der Waals surface area contributed by atoms with Crippen molar-refractivity contribution in [2.24, 2.45) is 0 Å². The van der Waals surface area contributed by atoms with Crippen LogP contribution in [0, 0.1) is 20.8 Å². The Morgan fingerprint density at radius 3 is 2.40 bits per heavy atom. The van der Waals surface area contributed by atoms with E-state index >= 15 is 0 Å². The fourth-order valence-electron chi connectivity index (χ4n) is 2.45. The zero-order chi connectivity index (χ0) is 14.1. The highest BCUT2D eigenvalue weighted by Gasteiger charge is 2.15. The van der Waals surface area contributed by atoms with Gasteiger partial charge in [0.1, 0.15) is 23.8 Å². The van der Waals surface area contributed by atoms with Gasteiger partial charge >= 0.3 is 0 Å². The number of nitrogens with one attached hydrogen (secondary N) is 1. The molecule has 0 radical (unpaired) electrons. The summed E-state index contributed by atoms with van der Waals surface area (Å²) in [4.78, 5) is 15.8. The van der Waals surface area contributed by atoms with Crippen molar-refractivity contribution in [3.63, 3.8) is 0 Å². The Hall–Kier alpha value is -1.95. The smallest absolute Gasteiger partial charge is 0.143 e. The maximum Gasteiger partial charge on any atom is 0.143 e. The van der Waals surface area contributed by atoms with E-state index < -0.39 is 0 Å². The molecular weight excluding hydrogens is 252 g/mol. The Balaban J connectivity index is 2.00. The number of nitrogens with zero attached hydrogens (tertiary/aromatic N) is 5. The second-order valence-electron chi connectivity index (χ2n) is 5.15. The van der Waals surface area contributed by atoms with Crippen molar-refractivity contribution in [1.82, 2.24) is 24.8 Å². The highest BCUT2D eigenvalue weighted by atomic mass is 15.2. The number of imidazole rings is 1. The molecule has 3 rings (SSSR count). The van der Waals surface area contributed by atoms with Crippen LogP contribution >= 0.6 is 0 Å². The van der Waals surface area contributed by atoms with E-state index in [4.69, 9.17) is 0 Å². The zero-order valence-electron chi connectivity index (χ0n) is 12.2. The second-order valence-corrected chi connectivity index (χ2v) is 5.15. The number of aryl methyl sites for hydroxylation is 2. The third-order valence-electron chi connectivity index (χ3n) is 3.75. The SMILES string of the molecule is Cc1nc(N2CCNCC2)cc(-n2cnc(C)c2C)n1. The Morgan fingerprint density at radius 1 is 1.05 bits per heavy atom. The van der Waals surface area contributed by atoms with E-state index in [2.05, 4.69) is 32.1 Å². The summed E-state index contributed by atoms with van der Waals surface area (Å²) in [6.07, 6.45) is 1.83. The molecule has 3 heterocycles. The van der Waals surface area contributed by atoms with E-state index in [1.165, 1.54) is 0 Å². The van der Waals surface area contributed by atoms with E-state index in [1.807, 2.05) is 30.8 Å². The molecular formula is C14H20N6. The van der Waals surface area contributed by atoms with Crippen LogP contribution in [0.2, 0.25) is 0 Å². The lowest BCUT2D eigenvalue weighted by Gasteiger charge is -2.28. The van der Waals surface area contributed by atoms with Crippen molar-refractivity contribution < 1.29 is 0 Å². The van der Waals surface area contributed by atoms with Gasteiger partial charge in [0.15, 0.2) is 0 Å². The average Bonchev–Trinajstić information content (AvgIpc) is 2.79. The molecule has 0 unspecified atom stereocenters. The molecule has 20 heavy (non-hydrogen) atoms. The lowest BCUT2D eigenvalue weighted by atomic mass is 10.3. The molecule has 2 aromatic heterocycles. The molecule has 0 atom stereocenters.